The minimum atomic E-state index is 0. The van der Waals surface area contributed by atoms with Crippen molar-refractivity contribution in [1.29, 1.82) is 0 Å². The van der Waals surface area contributed by atoms with E-state index >= 15 is 0 Å². The fraction of sp³-hybridized carbons (Fsp3) is 0.182. The van der Waals surface area contributed by atoms with Crippen molar-refractivity contribution < 1.29 is 33.0 Å². The molecule has 0 bridgehead atoms. The maximum Gasteiger partial charge on any atom is 0.373 e. The number of aromatic nitrogens is 1. The first kappa shape index (κ1) is 11.2. The number of aryl methyl sites for hydroxylation is 1. The van der Waals surface area contributed by atoms with Crippen LogP contribution in [-0.4, -0.2) is 0 Å². The topological polar surface area (TPSA) is 17.0 Å². The van der Waals surface area contributed by atoms with Crippen LogP contribution in [-0.2, 0) is 6.54 Å². The molecule has 0 saturated heterocycles. The van der Waals surface area contributed by atoms with Gasteiger partial charge in [0.1, 0.15) is 6.54 Å². The molecule has 0 N–H and O–H groups in total. The SMILES string of the molecule is C=Cc1oc2ccccc2[n+]1CC.[I-]. The van der Waals surface area contributed by atoms with Crippen molar-refractivity contribution in [2.75, 3.05) is 0 Å². The van der Waals surface area contributed by atoms with Gasteiger partial charge in [0.25, 0.3) is 5.52 Å². The van der Waals surface area contributed by atoms with Gasteiger partial charge in [-0.3, -0.25) is 0 Å². The normalized spacial score (nSPS) is 9.79. The Bertz CT molecular complexity index is 447. The van der Waals surface area contributed by atoms with Crippen LogP contribution >= 0.6 is 0 Å². The summed E-state index contributed by atoms with van der Waals surface area (Å²) in [5.41, 5.74) is 2.04. The largest absolute Gasteiger partial charge is 1.00 e. The number of hydrogen-bond donors (Lipinski definition) is 0. The Hall–Kier alpha value is -0.840. The molecule has 0 atom stereocenters. The monoisotopic (exact) mass is 301 g/mol. The summed E-state index contributed by atoms with van der Waals surface area (Å²) in [6.07, 6.45) is 1.74. The van der Waals surface area contributed by atoms with Crippen LogP contribution < -0.4 is 28.5 Å². The van der Waals surface area contributed by atoms with Crippen molar-refractivity contribution in [1.82, 2.24) is 0 Å². The lowest BCUT2D eigenvalue weighted by molar-refractivity contribution is -0.674. The number of nitrogens with zero attached hydrogens (tertiary/aromatic N) is 1. The molecule has 1 aromatic carbocycles. The lowest BCUT2D eigenvalue weighted by atomic mass is 10.3. The summed E-state index contributed by atoms with van der Waals surface area (Å²) in [6, 6.07) is 8.00. The Balaban J connectivity index is 0.000000980. The van der Waals surface area contributed by atoms with Crippen molar-refractivity contribution in [3.8, 4) is 0 Å². The summed E-state index contributed by atoms with van der Waals surface area (Å²) in [7, 11) is 0. The highest BCUT2D eigenvalue weighted by Crippen LogP contribution is 2.13. The molecule has 0 unspecified atom stereocenters. The second-order valence-corrected chi connectivity index (χ2v) is 2.86. The van der Waals surface area contributed by atoms with E-state index in [0.717, 1.165) is 23.5 Å². The lowest BCUT2D eigenvalue weighted by Crippen LogP contribution is -3.00. The van der Waals surface area contributed by atoms with Gasteiger partial charge in [-0.15, -0.1) is 0 Å². The van der Waals surface area contributed by atoms with E-state index in [0.29, 0.717) is 0 Å². The van der Waals surface area contributed by atoms with E-state index < -0.39 is 0 Å². The summed E-state index contributed by atoms with van der Waals surface area (Å²) < 4.78 is 7.68. The van der Waals surface area contributed by atoms with E-state index in [1.807, 2.05) is 18.2 Å². The van der Waals surface area contributed by atoms with Gasteiger partial charge in [-0.05, 0) is 13.0 Å². The van der Waals surface area contributed by atoms with E-state index in [1.54, 1.807) is 6.08 Å². The van der Waals surface area contributed by atoms with Gasteiger partial charge in [0, 0.05) is 12.1 Å². The first-order chi connectivity index (χ1) is 6.36. The predicted molar refractivity (Wildman–Crippen MR) is 52.2 cm³/mol. The third-order valence-corrected chi connectivity index (χ3v) is 2.13. The van der Waals surface area contributed by atoms with Crippen molar-refractivity contribution in [2.45, 2.75) is 13.5 Å². The molecular formula is C11H12INO. The molecule has 2 nitrogen and oxygen atoms in total. The number of benzene rings is 1. The second-order valence-electron chi connectivity index (χ2n) is 2.86. The molecule has 2 aromatic rings. The van der Waals surface area contributed by atoms with Crippen molar-refractivity contribution in [3.05, 3.63) is 36.7 Å². The van der Waals surface area contributed by atoms with Gasteiger partial charge in [-0.2, -0.15) is 4.57 Å². The highest BCUT2D eigenvalue weighted by atomic mass is 127. The van der Waals surface area contributed by atoms with Crippen LogP contribution in [0.25, 0.3) is 17.2 Å². The van der Waals surface area contributed by atoms with Crippen molar-refractivity contribution in [3.63, 3.8) is 0 Å². The number of oxazole rings is 1. The van der Waals surface area contributed by atoms with Crippen LogP contribution in [0, 0.1) is 0 Å². The Morgan fingerprint density at radius 1 is 1.43 bits per heavy atom. The van der Waals surface area contributed by atoms with E-state index in [4.69, 9.17) is 4.42 Å². The van der Waals surface area contributed by atoms with Gasteiger partial charge in [-0.25, -0.2) is 0 Å². The number of rotatable bonds is 2. The summed E-state index contributed by atoms with van der Waals surface area (Å²) in [6.45, 7) is 6.71. The zero-order valence-electron chi connectivity index (χ0n) is 8.03. The standard InChI is InChI=1S/C11H12NO.HI/c1-3-11-12(4-2)9-7-5-6-8-10(9)13-11;/h3,5-8H,1,4H2,2H3;1H/q+1;/p-1. The van der Waals surface area contributed by atoms with Crippen LogP contribution in [0.3, 0.4) is 0 Å². The molecule has 0 aliphatic heterocycles. The second kappa shape index (κ2) is 4.59. The van der Waals surface area contributed by atoms with E-state index in [9.17, 15) is 0 Å². The summed E-state index contributed by atoms with van der Waals surface area (Å²) >= 11 is 0. The first-order valence-electron chi connectivity index (χ1n) is 4.40. The van der Waals surface area contributed by atoms with Gasteiger partial charge >= 0.3 is 5.89 Å². The highest BCUT2D eigenvalue weighted by molar-refractivity contribution is 5.69. The molecule has 0 fully saturated rings. The van der Waals surface area contributed by atoms with E-state index in [2.05, 4.69) is 24.1 Å². The first-order valence-corrected chi connectivity index (χ1v) is 4.40. The van der Waals surface area contributed by atoms with Gasteiger partial charge in [0.05, 0.1) is 0 Å². The maximum atomic E-state index is 5.58. The molecule has 0 amide bonds. The molecule has 0 radical (unpaired) electrons. The molecule has 1 heterocycles. The number of para-hydroxylation sites is 2. The Kier molecular flexibility index (Phi) is 3.69. The quantitative estimate of drug-likeness (QED) is 0.534. The molecule has 0 aliphatic rings. The molecule has 74 valence electrons. The van der Waals surface area contributed by atoms with E-state index in [1.165, 1.54) is 0 Å². The highest BCUT2D eigenvalue weighted by Gasteiger charge is 2.16. The average Bonchev–Trinajstić information content (AvgIpc) is 2.55. The molecule has 1 aromatic heterocycles. The molecule has 14 heavy (non-hydrogen) atoms. The molecule has 0 spiro atoms. The fourth-order valence-electron chi connectivity index (χ4n) is 1.53. The smallest absolute Gasteiger partial charge is 0.373 e. The van der Waals surface area contributed by atoms with Gasteiger partial charge < -0.3 is 28.4 Å². The van der Waals surface area contributed by atoms with Crippen molar-refractivity contribution in [2.24, 2.45) is 0 Å². The number of fused-ring (bicyclic) bond motifs is 1. The molecular weight excluding hydrogens is 289 g/mol. The minimum absolute atomic E-state index is 0. The van der Waals surface area contributed by atoms with Crippen LogP contribution in [0.5, 0.6) is 0 Å². The van der Waals surface area contributed by atoms with Crippen LogP contribution in [0.1, 0.15) is 12.8 Å². The Morgan fingerprint density at radius 3 is 2.79 bits per heavy atom. The zero-order valence-corrected chi connectivity index (χ0v) is 10.2. The van der Waals surface area contributed by atoms with Gasteiger partial charge in [0.2, 0.25) is 5.58 Å². The fourth-order valence-corrected chi connectivity index (χ4v) is 1.53. The zero-order chi connectivity index (χ0) is 9.26. The van der Waals surface area contributed by atoms with E-state index in [-0.39, 0.29) is 24.0 Å². The van der Waals surface area contributed by atoms with Crippen LogP contribution in [0.4, 0.5) is 0 Å². The number of hydrogen-bond acceptors (Lipinski definition) is 1. The molecule has 0 aliphatic carbocycles. The summed E-state index contributed by atoms with van der Waals surface area (Å²) in [5.74, 6) is 0.823. The Morgan fingerprint density at radius 2 is 2.14 bits per heavy atom. The average molecular weight is 301 g/mol. The third-order valence-electron chi connectivity index (χ3n) is 2.13. The lowest BCUT2D eigenvalue weighted by Gasteiger charge is -1.86. The van der Waals surface area contributed by atoms with Crippen LogP contribution in [0.15, 0.2) is 35.3 Å². The Labute approximate surface area is 100 Å². The van der Waals surface area contributed by atoms with Gasteiger partial charge in [-0.1, -0.05) is 18.7 Å². The summed E-state index contributed by atoms with van der Waals surface area (Å²) in [4.78, 5) is 0. The predicted octanol–water partition coefficient (Wildman–Crippen LogP) is -0.613. The molecule has 3 heteroatoms. The summed E-state index contributed by atoms with van der Waals surface area (Å²) in [5, 5.41) is 0. The molecule has 2 rings (SSSR count). The van der Waals surface area contributed by atoms with Gasteiger partial charge in [0.15, 0.2) is 0 Å². The minimum Gasteiger partial charge on any atom is -1.00 e. The molecule has 0 saturated carbocycles. The van der Waals surface area contributed by atoms with Crippen molar-refractivity contribution >= 4 is 17.2 Å². The third kappa shape index (κ3) is 1.68. The number of halogens is 1. The maximum absolute atomic E-state index is 5.58. The van der Waals surface area contributed by atoms with Crippen LogP contribution in [0.2, 0.25) is 0 Å².